The number of halogens is 1. The van der Waals surface area contributed by atoms with Crippen LogP contribution in [0.15, 0.2) is 24.3 Å². The molecule has 1 aliphatic rings. The van der Waals surface area contributed by atoms with E-state index in [1.807, 2.05) is 6.92 Å². The largest absolute Gasteiger partial charge is 0.352 e. The highest BCUT2D eigenvalue weighted by Crippen LogP contribution is 2.20. The van der Waals surface area contributed by atoms with Crippen molar-refractivity contribution in [3.63, 3.8) is 0 Å². The maximum atomic E-state index is 12.9. The lowest BCUT2D eigenvalue weighted by atomic mass is 9.94. The number of rotatable bonds is 5. The third kappa shape index (κ3) is 4.77. The van der Waals surface area contributed by atoms with Crippen LogP contribution in [0.25, 0.3) is 0 Å². The molecule has 1 N–H and O–H groups in total. The lowest BCUT2D eigenvalue weighted by Crippen LogP contribution is -2.49. The lowest BCUT2D eigenvalue weighted by molar-refractivity contribution is -0.134. The van der Waals surface area contributed by atoms with E-state index in [1.54, 1.807) is 31.1 Å². The van der Waals surface area contributed by atoms with Crippen molar-refractivity contribution in [2.75, 3.05) is 27.2 Å². The lowest BCUT2D eigenvalue weighted by Gasteiger charge is -2.35. The van der Waals surface area contributed by atoms with E-state index < -0.39 is 0 Å². The summed E-state index contributed by atoms with van der Waals surface area (Å²) in [5.74, 6) is -0.179. The highest BCUT2D eigenvalue weighted by molar-refractivity contribution is 5.81. The van der Waals surface area contributed by atoms with Crippen LogP contribution in [0.5, 0.6) is 0 Å². The quantitative estimate of drug-likeness (QED) is 0.890. The summed E-state index contributed by atoms with van der Waals surface area (Å²) in [6, 6.07) is 5.98. The Balaban J connectivity index is 1.78. The van der Waals surface area contributed by atoms with Gasteiger partial charge in [0.1, 0.15) is 5.82 Å². The van der Waals surface area contributed by atoms with Crippen molar-refractivity contribution in [2.45, 2.75) is 32.4 Å². The molecular weight excluding hydrogens is 309 g/mol. The van der Waals surface area contributed by atoms with E-state index >= 15 is 0 Å². The van der Waals surface area contributed by atoms with E-state index in [-0.39, 0.29) is 29.6 Å². The second kappa shape index (κ2) is 8.24. The number of piperidine rings is 1. The van der Waals surface area contributed by atoms with Gasteiger partial charge in [-0.2, -0.15) is 0 Å². The zero-order valence-electron chi connectivity index (χ0n) is 14.6. The smallest absolute Gasteiger partial charge is 0.239 e. The van der Waals surface area contributed by atoms with E-state index in [9.17, 15) is 14.0 Å². The van der Waals surface area contributed by atoms with Gasteiger partial charge in [-0.15, -0.1) is 0 Å². The van der Waals surface area contributed by atoms with Gasteiger partial charge >= 0.3 is 0 Å². The maximum absolute atomic E-state index is 12.9. The summed E-state index contributed by atoms with van der Waals surface area (Å²) in [6.45, 7) is 3.82. The van der Waals surface area contributed by atoms with Crippen molar-refractivity contribution in [1.82, 2.24) is 15.1 Å². The second-order valence-corrected chi connectivity index (χ2v) is 6.56. The molecule has 1 saturated heterocycles. The van der Waals surface area contributed by atoms with Gasteiger partial charge in [0.25, 0.3) is 0 Å². The van der Waals surface area contributed by atoms with Gasteiger partial charge in [0.15, 0.2) is 0 Å². The molecule has 1 unspecified atom stereocenters. The molecule has 1 aliphatic heterocycles. The predicted molar refractivity (Wildman–Crippen MR) is 90.7 cm³/mol. The predicted octanol–water partition coefficient (Wildman–Crippen LogP) is 1.63. The Morgan fingerprint density at radius 3 is 2.38 bits per heavy atom. The standard InChI is InChI=1S/C18H26FN3O2/c1-13(18(24)21(2)3)22-10-8-15(9-11-22)17(23)20-12-14-4-6-16(19)7-5-14/h4-7,13,15H,8-12H2,1-3H3,(H,20,23). The molecule has 0 aromatic heterocycles. The van der Waals surface area contributed by atoms with E-state index in [0.717, 1.165) is 31.5 Å². The molecule has 2 amide bonds. The molecule has 1 atom stereocenters. The number of amides is 2. The van der Waals surface area contributed by atoms with Crippen molar-refractivity contribution >= 4 is 11.8 Å². The van der Waals surface area contributed by atoms with Crippen LogP contribution in [-0.4, -0.2) is 54.8 Å². The molecule has 1 heterocycles. The Morgan fingerprint density at radius 2 is 1.83 bits per heavy atom. The van der Waals surface area contributed by atoms with Gasteiger partial charge in [0, 0.05) is 26.6 Å². The number of likely N-dealkylation sites (N-methyl/N-ethyl adjacent to an activating group) is 1. The molecule has 0 aliphatic carbocycles. The Hall–Kier alpha value is -1.95. The summed E-state index contributed by atoms with van der Waals surface area (Å²) >= 11 is 0. The van der Waals surface area contributed by atoms with Gasteiger partial charge in [-0.3, -0.25) is 14.5 Å². The summed E-state index contributed by atoms with van der Waals surface area (Å²) in [7, 11) is 3.52. The average molecular weight is 335 g/mol. The van der Waals surface area contributed by atoms with Gasteiger partial charge in [-0.1, -0.05) is 12.1 Å². The average Bonchev–Trinajstić information content (AvgIpc) is 2.59. The van der Waals surface area contributed by atoms with Crippen LogP contribution in [0.3, 0.4) is 0 Å². The monoisotopic (exact) mass is 335 g/mol. The minimum atomic E-state index is -0.279. The number of carbonyl (C=O) groups is 2. The minimum Gasteiger partial charge on any atom is -0.352 e. The number of likely N-dealkylation sites (tertiary alicyclic amines) is 1. The van der Waals surface area contributed by atoms with E-state index in [4.69, 9.17) is 0 Å². The van der Waals surface area contributed by atoms with Crippen molar-refractivity contribution in [2.24, 2.45) is 5.92 Å². The molecule has 0 saturated carbocycles. The van der Waals surface area contributed by atoms with Crippen molar-refractivity contribution in [1.29, 1.82) is 0 Å². The number of carbonyl (C=O) groups excluding carboxylic acids is 2. The van der Waals surface area contributed by atoms with Crippen LogP contribution < -0.4 is 5.32 Å². The van der Waals surface area contributed by atoms with E-state index in [1.165, 1.54) is 12.1 Å². The van der Waals surface area contributed by atoms with Crippen LogP contribution in [-0.2, 0) is 16.1 Å². The molecule has 2 rings (SSSR count). The molecule has 132 valence electrons. The molecule has 0 bridgehead atoms. The summed E-state index contributed by atoms with van der Waals surface area (Å²) in [5, 5.41) is 2.92. The molecule has 5 nitrogen and oxygen atoms in total. The molecular formula is C18H26FN3O2. The molecule has 24 heavy (non-hydrogen) atoms. The zero-order chi connectivity index (χ0) is 17.7. The summed E-state index contributed by atoms with van der Waals surface area (Å²) in [5.41, 5.74) is 0.882. The van der Waals surface area contributed by atoms with Crippen LogP contribution in [0, 0.1) is 11.7 Å². The topological polar surface area (TPSA) is 52.7 Å². The summed E-state index contributed by atoms with van der Waals surface area (Å²) in [4.78, 5) is 28.0. The first-order chi connectivity index (χ1) is 11.4. The second-order valence-electron chi connectivity index (χ2n) is 6.56. The fourth-order valence-corrected chi connectivity index (χ4v) is 3.01. The normalized spacial score (nSPS) is 17.3. The number of nitrogens with one attached hydrogen (secondary N) is 1. The summed E-state index contributed by atoms with van der Waals surface area (Å²) < 4.78 is 12.9. The van der Waals surface area contributed by atoms with Crippen LogP contribution in [0.4, 0.5) is 4.39 Å². The fraction of sp³-hybridized carbons (Fsp3) is 0.556. The van der Waals surface area contributed by atoms with Crippen LogP contribution in [0.2, 0.25) is 0 Å². The number of nitrogens with zero attached hydrogens (tertiary/aromatic N) is 2. The molecule has 1 aromatic rings. The first-order valence-corrected chi connectivity index (χ1v) is 8.36. The summed E-state index contributed by atoms with van der Waals surface area (Å²) in [6.07, 6.45) is 1.50. The fourth-order valence-electron chi connectivity index (χ4n) is 3.01. The van der Waals surface area contributed by atoms with Gasteiger partial charge in [0.2, 0.25) is 11.8 Å². The Kier molecular flexibility index (Phi) is 6.31. The van der Waals surface area contributed by atoms with Crippen LogP contribution in [0.1, 0.15) is 25.3 Å². The van der Waals surface area contributed by atoms with Gasteiger partial charge in [0.05, 0.1) is 6.04 Å². The SMILES string of the molecule is CC(C(=O)N(C)C)N1CCC(C(=O)NCc2ccc(F)cc2)CC1. The van der Waals surface area contributed by atoms with Crippen molar-refractivity contribution in [3.05, 3.63) is 35.6 Å². The van der Waals surface area contributed by atoms with Crippen molar-refractivity contribution in [3.8, 4) is 0 Å². The third-order valence-electron chi connectivity index (χ3n) is 4.63. The first-order valence-electron chi connectivity index (χ1n) is 8.36. The Morgan fingerprint density at radius 1 is 1.25 bits per heavy atom. The van der Waals surface area contributed by atoms with E-state index in [0.29, 0.717) is 6.54 Å². The molecule has 1 aromatic carbocycles. The van der Waals surface area contributed by atoms with E-state index in [2.05, 4.69) is 10.2 Å². The highest BCUT2D eigenvalue weighted by Gasteiger charge is 2.30. The maximum Gasteiger partial charge on any atom is 0.239 e. The molecule has 0 radical (unpaired) electrons. The third-order valence-corrected chi connectivity index (χ3v) is 4.63. The van der Waals surface area contributed by atoms with Gasteiger partial charge < -0.3 is 10.2 Å². The zero-order valence-corrected chi connectivity index (χ0v) is 14.6. The number of benzene rings is 1. The highest BCUT2D eigenvalue weighted by atomic mass is 19.1. The van der Waals surface area contributed by atoms with Gasteiger partial charge in [-0.05, 0) is 50.6 Å². The van der Waals surface area contributed by atoms with Crippen LogP contribution >= 0.6 is 0 Å². The molecule has 1 fully saturated rings. The Labute approximate surface area is 142 Å². The van der Waals surface area contributed by atoms with Gasteiger partial charge in [-0.25, -0.2) is 4.39 Å². The molecule has 0 spiro atoms. The minimum absolute atomic E-state index is 0.0247. The Bertz CT molecular complexity index is 566. The number of hydrogen-bond acceptors (Lipinski definition) is 3. The first kappa shape index (κ1) is 18.4. The molecule has 6 heteroatoms. The number of hydrogen-bond donors (Lipinski definition) is 1. The van der Waals surface area contributed by atoms with Crippen molar-refractivity contribution < 1.29 is 14.0 Å².